The molecule has 9 nitrogen and oxygen atoms in total. The molecule has 3 aliphatic heterocycles. The molecule has 0 bridgehead atoms. The van der Waals surface area contributed by atoms with Gasteiger partial charge in [-0.15, -0.1) is 0 Å². The summed E-state index contributed by atoms with van der Waals surface area (Å²) in [5.41, 5.74) is 1.25. The molecule has 0 spiro atoms. The average Bonchev–Trinajstić information content (AvgIpc) is 3.40. The van der Waals surface area contributed by atoms with Crippen LogP contribution in [0.5, 0.6) is 0 Å². The highest BCUT2D eigenvalue weighted by Crippen LogP contribution is 2.31. The average molecular weight is 442 g/mol. The molecule has 4 heterocycles. The third kappa shape index (κ3) is 3.71. The maximum absolute atomic E-state index is 13.0. The zero-order chi connectivity index (χ0) is 22.4. The van der Waals surface area contributed by atoms with Gasteiger partial charge in [0.15, 0.2) is 0 Å². The lowest BCUT2D eigenvalue weighted by Gasteiger charge is -2.34. The quantitative estimate of drug-likeness (QED) is 0.743. The Morgan fingerprint density at radius 2 is 1.84 bits per heavy atom. The number of rotatable bonds is 4. The molecule has 4 aliphatic rings. The summed E-state index contributed by atoms with van der Waals surface area (Å²) in [5.74, 6) is 0.886. The van der Waals surface area contributed by atoms with Crippen LogP contribution in [0.2, 0.25) is 0 Å². The van der Waals surface area contributed by atoms with Crippen LogP contribution in [0.25, 0.3) is 0 Å². The molecule has 1 N–H and O–H groups in total. The Bertz CT molecular complexity index is 1000. The number of nitrogens with zero attached hydrogens (tertiary/aromatic N) is 4. The molecule has 3 amide bonds. The summed E-state index contributed by atoms with van der Waals surface area (Å²) < 4.78 is 0. The first kappa shape index (κ1) is 21.2. The summed E-state index contributed by atoms with van der Waals surface area (Å²) in [6.07, 6.45) is 5.62. The molecule has 0 unspecified atom stereocenters. The number of fused-ring (bicyclic) bond motifs is 1. The van der Waals surface area contributed by atoms with Crippen molar-refractivity contribution in [2.75, 3.05) is 26.2 Å². The molecular formula is C23H31N5O4. The van der Waals surface area contributed by atoms with E-state index < -0.39 is 6.04 Å². The van der Waals surface area contributed by atoms with Gasteiger partial charge >= 0.3 is 0 Å². The molecule has 1 saturated carbocycles. The largest absolute Gasteiger partial charge is 0.340 e. The zero-order valence-corrected chi connectivity index (χ0v) is 18.6. The van der Waals surface area contributed by atoms with Gasteiger partial charge in [0.25, 0.3) is 5.56 Å². The number of aromatic nitrogens is 2. The Morgan fingerprint density at radius 3 is 2.53 bits per heavy atom. The summed E-state index contributed by atoms with van der Waals surface area (Å²) in [4.78, 5) is 63.4. The molecule has 172 valence electrons. The Labute approximate surface area is 187 Å². The van der Waals surface area contributed by atoms with Crippen LogP contribution in [-0.4, -0.2) is 74.6 Å². The van der Waals surface area contributed by atoms with E-state index in [1.54, 1.807) is 16.7 Å². The van der Waals surface area contributed by atoms with Crippen LogP contribution >= 0.6 is 0 Å². The molecule has 1 aliphatic carbocycles. The van der Waals surface area contributed by atoms with Crippen molar-refractivity contribution in [3.05, 3.63) is 27.4 Å². The Balaban J connectivity index is 1.28. The number of hydrogen-bond donors (Lipinski definition) is 1. The van der Waals surface area contributed by atoms with Crippen molar-refractivity contribution in [3.8, 4) is 0 Å². The highest BCUT2D eigenvalue weighted by Gasteiger charge is 2.37. The maximum Gasteiger partial charge on any atom is 0.254 e. The fourth-order valence-corrected chi connectivity index (χ4v) is 5.41. The third-order valence-electron chi connectivity index (χ3n) is 7.68. The molecule has 1 aromatic rings. The number of carbonyl (C=O) groups excluding carboxylic acids is 3. The second-order valence-corrected chi connectivity index (χ2v) is 9.65. The summed E-state index contributed by atoms with van der Waals surface area (Å²) in [6.45, 7) is 4.47. The van der Waals surface area contributed by atoms with E-state index in [4.69, 9.17) is 4.98 Å². The van der Waals surface area contributed by atoms with Crippen LogP contribution in [0.1, 0.15) is 68.4 Å². The smallest absolute Gasteiger partial charge is 0.254 e. The topological polar surface area (TPSA) is 107 Å². The van der Waals surface area contributed by atoms with E-state index in [2.05, 4.69) is 4.98 Å². The monoisotopic (exact) mass is 441 g/mol. The molecule has 1 aromatic heterocycles. The van der Waals surface area contributed by atoms with Crippen LogP contribution in [0.3, 0.4) is 0 Å². The number of H-pyrrole nitrogens is 1. The van der Waals surface area contributed by atoms with Crippen molar-refractivity contribution >= 4 is 17.7 Å². The molecule has 3 fully saturated rings. The van der Waals surface area contributed by atoms with E-state index in [0.29, 0.717) is 62.6 Å². The highest BCUT2D eigenvalue weighted by molar-refractivity contribution is 5.88. The first-order valence-corrected chi connectivity index (χ1v) is 11.9. The molecule has 9 heteroatoms. The van der Waals surface area contributed by atoms with Crippen molar-refractivity contribution in [2.45, 2.75) is 70.4 Å². The number of amides is 3. The van der Waals surface area contributed by atoms with Gasteiger partial charge in [0.2, 0.25) is 17.7 Å². The fraction of sp³-hybridized carbons (Fsp3) is 0.696. The Morgan fingerprint density at radius 1 is 1.03 bits per heavy atom. The molecular weight excluding hydrogens is 410 g/mol. The number of aromatic amines is 1. The van der Waals surface area contributed by atoms with Crippen molar-refractivity contribution in [2.24, 2.45) is 5.92 Å². The van der Waals surface area contributed by atoms with Crippen molar-refractivity contribution in [1.82, 2.24) is 24.7 Å². The summed E-state index contributed by atoms with van der Waals surface area (Å²) in [5, 5.41) is 0. The minimum atomic E-state index is -0.453. The third-order valence-corrected chi connectivity index (χ3v) is 7.68. The normalized spacial score (nSPS) is 24.5. The minimum absolute atomic E-state index is 0.0414. The van der Waals surface area contributed by atoms with Crippen molar-refractivity contribution in [1.29, 1.82) is 0 Å². The summed E-state index contributed by atoms with van der Waals surface area (Å²) in [6, 6.07) is -0.453. The van der Waals surface area contributed by atoms with Crippen LogP contribution in [0.15, 0.2) is 4.79 Å². The molecule has 0 aromatic carbocycles. The van der Waals surface area contributed by atoms with Gasteiger partial charge < -0.3 is 19.7 Å². The lowest BCUT2D eigenvalue weighted by molar-refractivity contribution is -0.142. The van der Waals surface area contributed by atoms with Crippen molar-refractivity contribution in [3.63, 3.8) is 0 Å². The Hall–Kier alpha value is -2.71. The van der Waals surface area contributed by atoms with Gasteiger partial charge in [-0.25, -0.2) is 4.98 Å². The molecule has 2 atom stereocenters. The van der Waals surface area contributed by atoms with E-state index in [1.165, 1.54) is 0 Å². The number of carbonyl (C=O) groups is 3. The lowest BCUT2D eigenvalue weighted by atomic mass is 9.84. The van der Waals surface area contributed by atoms with Gasteiger partial charge in [-0.05, 0) is 39.0 Å². The molecule has 2 saturated heterocycles. The van der Waals surface area contributed by atoms with E-state index in [-0.39, 0.29) is 35.1 Å². The Kier molecular flexibility index (Phi) is 5.51. The predicted molar refractivity (Wildman–Crippen MR) is 116 cm³/mol. The number of nitrogens with one attached hydrogen (secondary N) is 1. The first-order valence-electron chi connectivity index (χ1n) is 11.9. The second kappa shape index (κ2) is 8.33. The molecule has 5 rings (SSSR count). The molecule has 32 heavy (non-hydrogen) atoms. The second-order valence-electron chi connectivity index (χ2n) is 9.65. The van der Waals surface area contributed by atoms with E-state index in [1.807, 2.05) is 4.90 Å². The van der Waals surface area contributed by atoms with Crippen LogP contribution in [-0.2, 0) is 27.3 Å². The van der Waals surface area contributed by atoms with Crippen molar-refractivity contribution < 1.29 is 14.4 Å². The summed E-state index contributed by atoms with van der Waals surface area (Å²) >= 11 is 0. The van der Waals surface area contributed by atoms with Gasteiger partial charge in [-0.1, -0.05) is 6.42 Å². The van der Waals surface area contributed by atoms with Gasteiger partial charge in [0.1, 0.15) is 11.9 Å². The van der Waals surface area contributed by atoms with Crippen LogP contribution in [0.4, 0.5) is 0 Å². The van der Waals surface area contributed by atoms with Crippen LogP contribution < -0.4 is 5.56 Å². The van der Waals surface area contributed by atoms with Gasteiger partial charge in [0.05, 0.1) is 12.2 Å². The van der Waals surface area contributed by atoms with Gasteiger partial charge in [-0.2, -0.15) is 0 Å². The standard InChI is InChI=1S/C23H31N5O4/c1-14(28-9-3-6-19(28)29)22(31)26-10-7-16(12-26)20-24-18-13-27(23(32)15-4-2-5-15)11-8-17(18)21(30)25-20/h14-16H,2-13H2,1H3,(H,24,25,30)/t14-,16+/m0/s1. The highest BCUT2D eigenvalue weighted by atomic mass is 16.2. The number of hydrogen-bond acceptors (Lipinski definition) is 5. The van der Waals surface area contributed by atoms with Crippen LogP contribution in [0, 0.1) is 5.92 Å². The van der Waals surface area contributed by atoms with Gasteiger partial charge in [-0.3, -0.25) is 19.2 Å². The number of likely N-dealkylation sites (tertiary alicyclic amines) is 2. The summed E-state index contributed by atoms with van der Waals surface area (Å²) in [7, 11) is 0. The lowest BCUT2D eigenvalue weighted by Crippen LogP contribution is -2.47. The fourth-order valence-electron chi connectivity index (χ4n) is 5.41. The van der Waals surface area contributed by atoms with E-state index >= 15 is 0 Å². The van der Waals surface area contributed by atoms with E-state index in [0.717, 1.165) is 32.1 Å². The molecule has 0 radical (unpaired) electrons. The van der Waals surface area contributed by atoms with E-state index in [9.17, 15) is 19.2 Å². The minimum Gasteiger partial charge on any atom is -0.340 e. The predicted octanol–water partition coefficient (Wildman–Crippen LogP) is 0.782. The maximum atomic E-state index is 13.0. The first-order chi connectivity index (χ1) is 15.4. The zero-order valence-electron chi connectivity index (χ0n) is 18.6. The van der Waals surface area contributed by atoms with Gasteiger partial charge in [0, 0.05) is 50.0 Å². The SMILES string of the molecule is C[C@@H](C(=O)N1CC[C@@H](c2nc3c(c(=O)[nH]2)CCN(C(=O)C2CCC2)C3)C1)N1CCCC1=O.